The second kappa shape index (κ2) is 5.75. The summed E-state index contributed by atoms with van der Waals surface area (Å²) in [6.07, 6.45) is 0.918. The first-order valence-electron chi connectivity index (χ1n) is 6.69. The van der Waals surface area contributed by atoms with Crippen LogP contribution in [0, 0.1) is 10.8 Å². The van der Waals surface area contributed by atoms with Crippen molar-refractivity contribution in [3.63, 3.8) is 0 Å². The fraction of sp³-hybridized carbons (Fsp3) is 1.00. The maximum Gasteiger partial charge on any atom is 0.253 e. The Hall–Kier alpha value is 0.310. The van der Waals surface area contributed by atoms with Crippen LogP contribution in [-0.2, 0) is 0 Å². The molecule has 0 aromatic carbocycles. The molecular formula is C14H32NO2P. The summed E-state index contributed by atoms with van der Waals surface area (Å²) in [6, 6.07) is 0.109. The van der Waals surface area contributed by atoms with Crippen molar-refractivity contribution >= 4 is 8.53 Å². The van der Waals surface area contributed by atoms with Crippen molar-refractivity contribution in [3.05, 3.63) is 0 Å². The molecule has 0 radical (unpaired) electrons. The molecule has 0 rings (SSSR count). The zero-order valence-electron chi connectivity index (χ0n) is 13.6. The lowest BCUT2D eigenvalue weighted by Crippen LogP contribution is -2.56. The Morgan fingerprint density at radius 1 is 0.944 bits per heavy atom. The third kappa shape index (κ3) is 4.45. The smallest absolute Gasteiger partial charge is 0.253 e. The fourth-order valence-electron chi connectivity index (χ4n) is 2.70. The summed E-state index contributed by atoms with van der Waals surface area (Å²) in [5.74, 6) is 0. The van der Waals surface area contributed by atoms with E-state index >= 15 is 0 Å². The van der Waals surface area contributed by atoms with E-state index in [1.54, 1.807) is 0 Å². The second-order valence-electron chi connectivity index (χ2n) is 7.97. The SMILES string of the molecule is CC(C)N(P(O)O)C(C)(CC(C)(C)C)C(C)(C)C. The first kappa shape index (κ1) is 18.3. The minimum absolute atomic E-state index is 0.0312. The van der Waals surface area contributed by atoms with Gasteiger partial charge in [-0.25, -0.2) is 4.67 Å². The number of nitrogens with zero attached hydrogens (tertiary/aromatic N) is 1. The van der Waals surface area contributed by atoms with E-state index in [-0.39, 0.29) is 22.4 Å². The summed E-state index contributed by atoms with van der Waals surface area (Å²) in [5.41, 5.74) is -0.147. The maximum absolute atomic E-state index is 9.82. The van der Waals surface area contributed by atoms with Gasteiger partial charge in [-0.2, -0.15) is 0 Å². The molecule has 2 N–H and O–H groups in total. The summed E-state index contributed by atoms with van der Waals surface area (Å²) in [5, 5.41) is 0. The van der Waals surface area contributed by atoms with Gasteiger partial charge in [-0.3, -0.25) is 0 Å². The van der Waals surface area contributed by atoms with Crippen LogP contribution in [0.2, 0.25) is 0 Å². The van der Waals surface area contributed by atoms with Gasteiger partial charge in [0.15, 0.2) is 0 Å². The van der Waals surface area contributed by atoms with E-state index in [0.717, 1.165) is 6.42 Å². The third-order valence-corrected chi connectivity index (χ3v) is 4.97. The Bertz CT molecular complexity index is 258. The molecule has 0 fully saturated rings. The lowest BCUT2D eigenvalue weighted by molar-refractivity contribution is 0.00667. The van der Waals surface area contributed by atoms with Crippen molar-refractivity contribution in [3.8, 4) is 0 Å². The van der Waals surface area contributed by atoms with Crippen LogP contribution in [0.1, 0.15) is 68.7 Å². The largest absolute Gasteiger partial charge is 0.338 e. The topological polar surface area (TPSA) is 43.7 Å². The first-order valence-corrected chi connectivity index (χ1v) is 7.89. The molecule has 110 valence electrons. The van der Waals surface area contributed by atoms with Crippen LogP contribution < -0.4 is 0 Å². The van der Waals surface area contributed by atoms with Crippen LogP contribution >= 0.6 is 8.53 Å². The molecule has 0 saturated heterocycles. The minimum atomic E-state index is -2.08. The van der Waals surface area contributed by atoms with Crippen molar-refractivity contribution in [2.45, 2.75) is 80.3 Å². The van der Waals surface area contributed by atoms with Gasteiger partial charge in [0.1, 0.15) is 0 Å². The van der Waals surface area contributed by atoms with Crippen LogP contribution in [0.3, 0.4) is 0 Å². The van der Waals surface area contributed by atoms with Crippen LogP contribution in [0.15, 0.2) is 0 Å². The van der Waals surface area contributed by atoms with Crippen molar-refractivity contribution in [1.29, 1.82) is 0 Å². The Kier molecular flexibility index (Phi) is 5.84. The van der Waals surface area contributed by atoms with E-state index in [9.17, 15) is 9.79 Å². The number of rotatable bonds is 4. The van der Waals surface area contributed by atoms with Gasteiger partial charge in [0.25, 0.3) is 8.53 Å². The molecular weight excluding hydrogens is 245 g/mol. The summed E-state index contributed by atoms with van der Waals surface area (Å²) < 4.78 is 1.88. The summed E-state index contributed by atoms with van der Waals surface area (Å²) in [4.78, 5) is 19.6. The molecule has 0 aliphatic rings. The van der Waals surface area contributed by atoms with Crippen LogP contribution in [0.5, 0.6) is 0 Å². The average molecular weight is 277 g/mol. The van der Waals surface area contributed by atoms with Crippen molar-refractivity contribution < 1.29 is 9.79 Å². The molecule has 4 heteroatoms. The molecule has 0 bridgehead atoms. The highest BCUT2D eigenvalue weighted by Gasteiger charge is 2.48. The number of hydrogen-bond acceptors (Lipinski definition) is 3. The lowest BCUT2D eigenvalue weighted by atomic mass is 9.67. The van der Waals surface area contributed by atoms with Gasteiger partial charge in [0, 0.05) is 11.6 Å². The highest BCUT2D eigenvalue weighted by atomic mass is 31.2. The molecule has 0 spiro atoms. The molecule has 0 amide bonds. The van der Waals surface area contributed by atoms with E-state index in [1.807, 2.05) is 18.5 Å². The van der Waals surface area contributed by atoms with E-state index < -0.39 is 8.53 Å². The second-order valence-corrected chi connectivity index (χ2v) is 8.94. The monoisotopic (exact) mass is 277 g/mol. The Labute approximate surface area is 115 Å². The quantitative estimate of drug-likeness (QED) is 0.759. The first-order chi connectivity index (χ1) is 7.72. The van der Waals surface area contributed by atoms with Crippen LogP contribution in [0.4, 0.5) is 0 Å². The predicted molar refractivity (Wildman–Crippen MR) is 80.3 cm³/mol. The Balaban J connectivity index is 5.59. The van der Waals surface area contributed by atoms with Gasteiger partial charge in [-0.05, 0) is 38.0 Å². The number of hydrogen-bond donors (Lipinski definition) is 2. The molecule has 0 aliphatic carbocycles. The molecule has 18 heavy (non-hydrogen) atoms. The highest BCUT2D eigenvalue weighted by Crippen LogP contribution is 2.51. The molecule has 0 aliphatic heterocycles. The average Bonchev–Trinajstić information content (AvgIpc) is 1.94. The maximum atomic E-state index is 9.82. The lowest BCUT2D eigenvalue weighted by Gasteiger charge is -2.54. The van der Waals surface area contributed by atoms with E-state index in [4.69, 9.17) is 0 Å². The fourth-order valence-corrected chi connectivity index (χ4v) is 3.87. The van der Waals surface area contributed by atoms with Crippen molar-refractivity contribution in [2.75, 3.05) is 0 Å². The van der Waals surface area contributed by atoms with E-state index in [1.165, 1.54) is 0 Å². The molecule has 3 nitrogen and oxygen atoms in total. The molecule has 1 unspecified atom stereocenters. The predicted octanol–water partition coefficient (Wildman–Crippen LogP) is 4.15. The van der Waals surface area contributed by atoms with Gasteiger partial charge < -0.3 is 9.79 Å². The van der Waals surface area contributed by atoms with Crippen molar-refractivity contribution in [2.24, 2.45) is 10.8 Å². The standard InChI is InChI=1S/C14H32NO2P/c1-11(2)15(18(16)17)14(9,13(6,7)8)10-12(3,4)5/h11,16-17H,10H2,1-9H3. The van der Waals surface area contributed by atoms with Crippen molar-refractivity contribution in [1.82, 2.24) is 4.67 Å². The molecule has 1 atom stereocenters. The van der Waals surface area contributed by atoms with Gasteiger partial charge >= 0.3 is 0 Å². The Morgan fingerprint density at radius 3 is 1.50 bits per heavy atom. The summed E-state index contributed by atoms with van der Waals surface area (Å²) in [7, 11) is -2.08. The van der Waals surface area contributed by atoms with Gasteiger partial charge in [-0.1, -0.05) is 41.5 Å². The highest BCUT2D eigenvalue weighted by molar-refractivity contribution is 7.42. The van der Waals surface area contributed by atoms with Gasteiger partial charge in [0.2, 0.25) is 0 Å². The van der Waals surface area contributed by atoms with Crippen LogP contribution in [0.25, 0.3) is 0 Å². The van der Waals surface area contributed by atoms with E-state index in [0.29, 0.717) is 0 Å². The summed E-state index contributed by atoms with van der Waals surface area (Å²) in [6.45, 7) is 19.3. The molecule has 0 heterocycles. The Morgan fingerprint density at radius 2 is 1.33 bits per heavy atom. The molecule has 0 saturated carbocycles. The summed E-state index contributed by atoms with van der Waals surface area (Å²) >= 11 is 0. The zero-order valence-corrected chi connectivity index (χ0v) is 14.5. The normalized spacial score (nSPS) is 17.7. The minimum Gasteiger partial charge on any atom is -0.338 e. The third-order valence-electron chi connectivity index (χ3n) is 3.68. The van der Waals surface area contributed by atoms with Crippen LogP contribution in [-0.4, -0.2) is 26.0 Å². The molecule has 0 aromatic rings. The molecule has 0 aromatic heterocycles. The van der Waals surface area contributed by atoms with E-state index in [2.05, 4.69) is 48.5 Å². The van der Waals surface area contributed by atoms with Gasteiger partial charge in [0.05, 0.1) is 0 Å². The zero-order chi connectivity index (χ0) is 14.9. The van der Waals surface area contributed by atoms with Gasteiger partial charge in [-0.15, -0.1) is 0 Å².